The molecule has 2 aromatic rings. The lowest BCUT2D eigenvalue weighted by molar-refractivity contribution is 0.109. The summed E-state index contributed by atoms with van der Waals surface area (Å²) in [5.41, 5.74) is 1.19. The monoisotopic (exact) mass is 426 g/mol. The van der Waals surface area contributed by atoms with Crippen molar-refractivity contribution in [1.29, 1.82) is 0 Å². The van der Waals surface area contributed by atoms with Crippen LogP contribution in [0, 0.1) is 5.92 Å². The fourth-order valence-electron chi connectivity index (χ4n) is 4.32. The van der Waals surface area contributed by atoms with E-state index >= 15 is 0 Å². The SMILES string of the molecule is C[C@H](C1CC1)N(Cc1ccccc1)C(=O)NC[C@@H](c1cccs1)N1CCN(C)CC1. The minimum atomic E-state index is 0.0638. The maximum absolute atomic E-state index is 13.3. The predicted octanol–water partition coefficient (Wildman–Crippen LogP) is 4.05. The Balaban J connectivity index is 1.43. The summed E-state index contributed by atoms with van der Waals surface area (Å²) in [7, 11) is 2.18. The van der Waals surface area contributed by atoms with Crippen molar-refractivity contribution in [1.82, 2.24) is 20.0 Å². The molecule has 5 nitrogen and oxygen atoms in total. The Morgan fingerprint density at radius 2 is 1.87 bits per heavy atom. The van der Waals surface area contributed by atoms with E-state index in [1.54, 1.807) is 11.3 Å². The molecule has 30 heavy (non-hydrogen) atoms. The number of rotatable bonds is 8. The van der Waals surface area contributed by atoms with E-state index in [4.69, 9.17) is 0 Å². The Morgan fingerprint density at radius 1 is 1.13 bits per heavy atom. The number of piperazine rings is 1. The van der Waals surface area contributed by atoms with Crippen molar-refractivity contribution >= 4 is 17.4 Å². The molecular weight excluding hydrogens is 392 g/mol. The molecule has 0 radical (unpaired) electrons. The molecule has 1 aromatic heterocycles. The number of benzene rings is 1. The van der Waals surface area contributed by atoms with Gasteiger partial charge in [0, 0.05) is 50.2 Å². The molecule has 0 unspecified atom stereocenters. The van der Waals surface area contributed by atoms with Gasteiger partial charge in [0.25, 0.3) is 0 Å². The van der Waals surface area contributed by atoms with Crippen LogP contribution >= 0.6 is 11.3 Å². The molecule has 162 valence electrons. The van der Waals surface area contributed by atoms with Crippen LogP contribution in [0.15, 0.2) is 47.8 Å². The zero-order valence-electron chi connectivity index (χ0n) is 18.2. The molecule has 4 rings (SSSR count). The van der Waals surface area contributed by atoms with Crippen molar-refractivity contribution in [3.8, 4) is 0 Å². The number of carbonyl (C=O) groups excluding carboxylic acids is 1. The molecule has 2 amide bonds. The highest BCUT2D eigenvalue weighted by molar-refractivity contribution is 7.10. The second-order valence-electron chi connectivity index (χ2n) is 8.75. The largest absolute Gasteiger partial charge is 0.336 e. The highest BCUT2D eigenvalue weighted by Gasteiger charge is 2.35. The van der Waals surface area contributed by atoms with Crippen LogP contribution in [0.3, 0.4) is 0 Å². The van der Waals surface area contributed by atoms with Crippen LogP contribution in [0.1, 0.15) is 36.2 Å². The van der Waals surface area contributed by atoms with Gasteiger partial charge in [0.1, 0.15) is 0 Å². The smallest absolute Gasteiger partial charge is 0.318 e. The Labute approximate surface area is 184 Å². The summed E-state index contributed by atoms with van der Waals surface area (Å²) in [5, 5.41) is 5.44. The van der Waals surface area contributed by atoms with Gasteiger partial charge in [0.05, 0.1) is 6.04 Å². The predicted molar refractivity (Wildman–Crippen MR) is 124 cm³/mol. The molecule has 2 fully saturated rings. The highest BCUT2D eigenvalue weighted by Crippen LogP contribution is 2.36. The van der Waals surface area contributed by atoms with Gasteiger partial charge < -0.3 is 15.1 Å². The van der Waals surface area contributed by atoms with Gasteiger partial charge in [-0.2, -0.15) is 0 Å². The van der Waals surface area contributed by atoms with E-state index in [0.717, 1.165) is 26.2 Å². The summed E-state index contributed by atoms with van der Waals surface area (Å²) in [6, 6.07) is 15.2. The molecule has 1 aliphatic heterocycles. The topological polar surface area (TPSA) is 38.8 Å². The first-order valence-electron chi connectivity index (χ1n) is 11.2. The van der Waals surface area contributed by atoms with Crippen LogP contribution < -0.4 is 5.32 Å². The van der Waals surface area contributed by atoms with Crippen molar-refractivity contribution in [2.75, 3.05) is 39.8 Å². The molecule has 2 heterocycles. The lowest BCUT2D eigenvalue weighted by atomic mass is 10.1. The van der Waals surface area contributed by atoms with Gasteiger partial charge in [-0.05, 0) is 49.7 Å². The number of carbonyl (C=O) groups is 1. The molecule has 2 aliphatic rings. The van der Waals surface area contributed by atoms with E-state index in [1.807, 2.05) is 23.1 Å². The summed E-state index contributed by atoms with van der Waals surface area (Å²) >= 11 is 1.79. The number of hydrogen-bond donors (Lipinski definition) is 1. The van der Waals surface area contributed by atoms with Crippen molar-refractivity contribution < 1.29 is 4.79 Å². The lowest BCUT2D eigenvalue weighted by Gasteiger charge is -2.38. The number of likely N-dealkylation sites (N-methyl/N-ethyl adjacent to an activating group) is 1. The minimum Gasteiger partial charge on any atom is -0.336 e. The van der Waals surface area contributed by atoms with Crippen molar-refractivity contribution in [3.63, 3.8) is 0 Å². The van der Waals surface area contributed by atoms with Crippen LogP contribution in [-0.2, 0) is 6.54 Å². The average molecular weight is 427 g/mol. The van der Waals surface area contributed by atoms with E-state index in [1.165, 1.54) is 23.3 Å². The molecule has 1 saturated heterocycles. The standard InChI is InChI=1S/C24H34N4OS/c1-19(21-10-11-21)28(18-20-7-4-3-5-8-20)24(29)25-17-22(23-9-6-16-30-23)27-14-12-26(2)13-15-27/h3-9,16,19,21-22H,10-15,17-18H2,1-2H3,(H,25,29)/t19-,22+/m1/s1. The first-order valence-corrected chi connectivity index (χ1v) is 12.0. The molecule has 1 saturated carbocycles. The second kappa shape index (κ2) is 9.94. The normalized spacial score (nSPS) is 19.9. The van der Waals surface area contributed by atoms with Gasteiger partial charge in [-0.3, -0.25) is 4.90 Å². The molecule has 1 N–H and O–H groups in total. The maximum atomic E-state index is 13.3. The minimum absolute atomic E-state index is 0.0638. The maximum Gasteiger partial charge on any atom is 0.318 e. The molecule has 1 aromatic carbocycles. The number of amides is 2. The van der Waals surface area contributed by atoms with Crippen molar-refractivity contribution in [2.45, 2.75) is 38.4 Å². The summed E-state index contributed by atoms with van der Waals surface area (Å²) in [4.78, 5) is 21.6. The first-order chi connectivity index (χ1) is 14.6. The summed E-state index contributed by atoms with van der Waals surface area (Å²) in [5.74, 6) is 0.644. The van der Waals surface area contributed by atoms with Gasteiger partial charge in [0.15, 0.2) is 0 Å². The van der Waals surface area contributed by atoms with Crippen LogP contribution in [0.4, 0.5) is 4.79 Å². The van der Waals surface area contributed by atoms with Crippen LogP contribution in [0.5, 0.6) is 0 Å². The molecule has 1 aliphatic carbocycles. The van der Waals surface area contributed by atoms with Gasteiger partial charge in [0.2, 0.25) is 0 Å². The molecule has 0 bridgehead atoms. The number of nitrogens with zero attached hydrogens (tertiary/aromatic N) is 3. The summed E-state index contributed by atoms with van der Waals surface area (Å²) in [6.07, 6.45) is 2.47. The number of nitrogens with one attached hydrogen (secondary N) is 1. The van der Waals surface area contributed by atoms with E-state index in [2.05, 4.69) is 58.7 Å². The van der Waals surface area contributed by atoms with Gasteiger partial charge >= 0.3 is 6.03 Å². The number of hydrogen-bond acceptors (Lipinski definition) is 4. The second-order valence-corrected chi connectivity index (χ2v) is 9.73. The molecule has 2 atom stereocenters. The molecule has 0 spiro atoms. The fraction of sp³-hybridized carbons (Fsp3) is 0.542. The van der Waals surface area contributed by atoms with Crippen LogP contribution in [-0.4, -0.2) is 66.5 Å². The van der Waals surface area contributed by atoms with Gasteiger partial charge in [-0.1, -0.05) is 36.4 Å². The van der Waals surface area contributed by atoms with Crippen LogP contribution in [0.2, 0.25) is 0 Å². The zero-order chi connectivity index (χ0) is 20.9. The Hall–Kier alpha value is -1.89. The quantitative estimate of drug-likeness (QED) is 0.692. The van der Waals surface area contributed by atoms with Crippen molar-refractivity contribution in [3.05, 3.63) is 58.3 Å². The van der Waals surface area contributed by atoms with Gasteiger partial charge in [-0.15, -0.1) is 11.3 Å². The fourth-order valence-corrected chi connectivity index (χ4v) is 5.18. The summed E-state index contributed by atoms with van der Waals surface area (Å²) < 4.78 is 0. The lowest BCUT2D eigenvalue weighted by Crippen LogP contribution is -2.51. The van der Waals surface area contributed by atoms with E-state index in [-0.39, 0.29) is 18.1 Å². The summed E-state index contributed by atoms with van der Waals surface area (Å²) in [6.45, 7) is 7.78. The van der Waals surface area contributed by atoms with E-state index in [0.29, 0.717) is 19.0 Å². The Morgan fingerprint density at radius 3 is 2.50 bits per heavy atom. The molecule has 6 heteroatoms. The van der Waals surface area contributed by atoms with Gasteiger partial charge in [-0.25, -0.2) is 4.79 Å². The third kappa shape index (κ3) is 5.42. The first kappa shape index (κ1) is 21.3. The molecular formula is C24H34N4OS. The Bertz CT molecular complexity index is 785. The zero-order valence-corrected chi connectivity index (χ0v) is 19.0. The van der Waals surface area contributed by atoms with E-state index < -0.39 is 0 Å². The highest BCUT2D eigenvalue weighted by atomic mass is 32.1. The van der Waals surface area contributed by atoms with Crippen molar-refractivity contribution in [2.24, 2.45) is 5.92 Å². The number of urea groups is 1. The third-order valence-corrected chi connectivity index (χ3v) is 7.52. The Kier molecular flexibility index (Phi) is 7.08. The average Bonchev–Trinajstić information content (AvgIpc) is 3.48. The van der Waals surface area contributed by atoms with E-state index in [9.17, 15) is 4.79 Å². The van der Waals surface area contributed by atoms with Crippen LogP contribution in [0.25, 0.3) is 0 Å². The number of thiophene rings is 1. The third-order valence-electron chi connectivity index (χ3n) is 6.55.